The normalized spacial score (nSPS) is 50.6. The maximum absolute atomic E-state index is 5.94. The third-order valence-electron chi connectivity index (χ3n) is 2.96. The van der Waals surface area contributed by atoms with Gasteiger partial charge in [-0.3, -0.25) is 0 Å². The zero-order chi connectivity index (χ0) is 7.14. The van der Waals surface area contributed by atoms with Crippen LogP contribution in [0.4, 0.5) is 0 Å². The van der Waals surface area contributed by atoms with Gasteiger partial charge in [-0.25, -0.2) is 0 Å². The summed E-state index contributed by atoms with van der Waals surface area (Å²) >= 11 is 0. The number of hydrogen-bond donors (Lipinski definition) is 2. The average molecular weight is 138 g/mol. The molecule has 0 aliphatic heterocycles. The molecule has 2 bridgehead atoms. The van der Waals surface area contributed by atoms with Gasteiger partial charge in [0.2, 0.25) is 0 Å². The summed E-state index contributed by atoms with van der Waals surface area (Å²) in [4.78, 5) is 0. The molecule has 0 unspecified atom stereocenters. The summed E-state index contributed by atoms with van der Waals surface area (Å²) in [6.45, 7) is 0.757. The van der Waals surface area contributed by atoms with Gasteiger partial charge in [-0.15, -0.1) is 0 Å². The molecule has 2 nitrogen and oxygen atoms in total. The summed E-state index contributed by atoms with van der Waals surface area (Å²) < 4.78 is 0. The van der Waals surface area contributed by atoms with E-state index in [9.17, 15) is 0 Å². The Kier molecular flexibility index (Phi) is 1.32. The van der Waals surface area contributed by atoms with Crippen molar-refractivity contribution in [1.29, 1.82) is 0 Å². The lowest BCUT2D eigenvalue weighted by Gasteiger charge is -2.22. The Morgan fingerprint density at radius 2 is 2.00 bits per heavy atom. The number of allylic oxidation sites excluding steroid dienone is 1. The van der Waals surface area contributed by atoms with Crippen molar-refractivity contribution < 1.29 is 0 Å². The van der Waals surface area contributed by atoms with Crippen molar-refractivity contribution in [2.24, 2.45) is 29.2 Å². The highest BCUT2D eigenvalue weighted by Gasteiger charge is 2.41. The Hall–Kier alpha value is -0.340. The predicted molar refractivity (Wildman–Crippen MR) is 41.3 cm³/mol. The molecule has 4 N–H and O–H groups in total. The van der Waals surface area contributed by atoms with E-state index in [0.717, 1.165) is 6.54 Å². The lowest BCUT2D eigenvalue weighted by molar-refractivity contribution is 0.403. The molecular weight excluding hydrogens is 124 g/mol. The van der Waals surface area contributed by atoms with Crippen LogP contribution in [0.15, 0.2) is 12.2 Å². The molecule has 0 saturated heterocycles. The largest absolute Gasteiger partial charge is 0.330 e. The molecule has 0 spiro atoms. The molecule has 0 aromatic heterocycles. The van der Waals surface area contributed by atoms with E-state index in [4.69, 9.17) is 11.5 Å². The van der Waals surface area contributed by atoms with E-state index in [-0.39, 0.29) is 0 Å². The summed E-state index contributed by atoms with van der Waals surface area (Å²) in [5.41, 5.74) is 11.5. The molecule has 4 atom stereocenters. The van der Waals surface area contributed by atoms with Crippen LogP contribution in [0.2, 0.25) is 0 Å². The first-order chi connectivity index (χ1) is 4.83. The molecule has 0 aromatic carbocycles. The third-order valence-corrected chi connectivity index (χ3v) is 2.96. The van der Waals surface area contributed by atoms with Crippen LogP contribution in [0.1, 0.15) is 6.42 Å². The quantitative estimate of drug-likeness (QED) is 0.505. The lowest BCUT2D eigenvalue weighted by Crippen LogP contribution is -2.37. The van der Waals surface area contributed by atoms with Crippen LogP contribution in [0.25, 0.3) is 0 Å². The third kappa shape index (κ3) is 0.662. The molecule has 56 valence electrons. The summed E-state index contributed by atoms with van der Waals surface area (Å²) in [7, 11) is 0. The molecule has 2 aliphatic carbocycles. The molecule has 1 saturated carbocycles. The van der Waals surface area contributed by atoms with Gasteiger partial charge in [-0.2, -0.15) is 0 Å². The van der Waals surface area contributed by atoms with E-state index in [1.54, 1.807) is 0 Å². The summed E-state index contributed by atoms with van der Waals surface area (Å²) in [6, 6.07) is 0.347. The Morgan fingerprint density at radius 3 is 2.40 bits per heavy atom. The van der Waals surface area contributed by atoms with E-state index >= 15 is 0 Å². The molecule has 2 heteroatoms. The molecule has 0 heterocycles. The zero-order valence-corrected chi connectivity index (χ0v) is 6.03. The van der Waals surface area contributed by atoms with Crippen LogP contribution in [-0.4, -0.2) is 12.6 Å². The molecule has 0 aromatic rings. The first kappa shape index (κ1) is 6.38. The van der Waals surface area contributed by atoms with Crippen LogP contribution in [0, 0.1) is 17.8 Å². The van der Waals surface area contributed by atoms with Gasteiger partial charge in [0.1, 0.15) is 0 Å². The maximum atomic E-state index is 5.94. The summed E-state index contributed by atoms with van der Waals surface area (Å²) in [6.07, 6.45) is 5.79. The topological polar surface area (TPSA) is 52.0 Å². The van der Waals surface area contributed by atoms with E-state index in [2.05, 4.69) is 12.2 Å². The fourth-order valence-corrected chi connectivity index (χ4v) is 2.29. The fraction of sp³-hybridized carbons (Fsp3) is 0.750. The molecule has 2 rings (SSSR count). The van der Waals surface area contributed by atoms with Gasteiger partial charge in [-0.1, -0.05) is 12.2 Å². The Bertz CT molecular complexity index is 165. The molecule has 10 heavy (non-hydrogen) atoms. The Morgan fingerprint density at radius 1 is 1.30 bits per heavy atom. The van der Waals surface area contributed by atoms with Gasteiger partial charge in [-0.05, 0) is 30.7 Å². The van der Waals surface area contributed by atoms with Crippen molar-refractivity contribution in [2.45, 2.75) is 12.5 Å². The van der Waals surface area contributed by atoms with Crippen LogP contribution >= 0.6 is 0 Å². The second kappa shape index (κ2) is 2.07. The van der Waals surface area contributed by atoms with Crippen molar-refractivity contribution in [2.75, 3.05) is 6.54 Å². The second-order valence-electron chi connectivity index (χ2n) is 3.43. The van der Waals surface area contributed by atoms with Crippen molar-refractivity contribution in [3.63, 3.8) is 0 Å². The van der Waals surface area contributed by atoms with Crippen LogP contribution in [-0.2, 0) is 0 Å². The number of fused-ring (bicyclic) bond motifs is 2. The Labute approximate surface area is 61.3 Å². The molecule has 0 amide bonds. The molecular formula is C8H14N2. The van der Waals surface area contributed by atoms with Crippen LogP contribution < -0.4 is 11.5 Å². The van der Waals surface area contributed by atoms with E-state index in [0.29, 0.717) is 23.8 Å². The molecule has 1 fully saturated rings. The van der Waals surface area contributed by atoms with Gasteiger partial charge >= 0.3 is 0 Å². The summed E-state index contributed by atoms with van der Waals surface area (Å²) in [5.74, 6) is 1.90. The van der Waals surface area contributed by atoms with E-state index in [1.165, 1.54) is 6.42 Å². The number of rotatable bonds is 1. The van der Waals surface area contributed by atoms with E-state index < -0.39 is 0 Å². The minimum absolute atomic E-state index is 0.347. The second-order valence-corrected chi connectivity index (χ2v) is 3.43. The van der Waals surface area contributed by atoms with Gasteiger partial charge in [0.05, 0.1) is 0 Å². The minimum atomic E-state index is 0.347. The van der Waals surface area contributed by atoms with E-state index in [1.807, 2.05) is 0 Å². The Balaban J connectivity index is 2.18. The standard InChI is InChI=1S/C8H14N2/c9-4-7-5-1-2-6(3-5)8(7)10/h1-2,5-8H,3-4,9-10H2/t5-,6+,7-,8+/m1/s1. The first-order valence-corrected chi connectivity index (χ1v) is 3.97. The van der Waals surface area contributed by atoms with Crippen LogP contribution in [0.5, 0.6) is 0 Å². The minimum Gasteiger partial charge on any atom is -0.330 e. The smallest absolute Gasteiger partial charge is 0.0148 e. The number of nitrogens with two attached hydrogens (primary N) is 2. The zero-order valence-electron chi connectivity index (χ0n) is 6.03. The van der Waals surface area contributed by atoms with Gasteiger partial charge in [0.15, 0.2) is 0 Å². The number of hydrogen-bond acceptors (Lipinski definition) is 2. The van der Waals surface area contributed by atoms with Crippen molar-refractivity contribution in [1.82, 2.24) is 0 Å². The van der Waals surface area contributed by atoms with Crippen LogP contribution in [0.3, 0.4) is 0 Å². The molecule has 0 radical (unpaired) electrons. The van der Waals surface area contributed by atoms with Crippen molar-refractivity contribution in [3.8, 4) is 0 Å². The summed E-state index contributed by atoms with van der Waals surface area (Å²) in [5, 5.41) is 0. The fourth-order valence-electron chi connectivity index (χ4n) is 2.29. The maximum Gasteiger partial charge on any atom is 0.0148 e. The highest BCUT2D eigenvalue weighted by atomic mass is 14.8. The first-order valence-electron chi connectivity index (χ1n) is 3.97. The van der Waals surface area contributed by atoms with Gasteiger partial charge < -0.3 is 11.5 Å². The van der Waals surface area contributed by atoms with Gasteiger partial charge in [0, 0.05) is 6.04 Å². The van der Waals surface area contributed by atoms with Gasteiger partial charge in [0.25, 0.3) is 0 Å². The highest BCUT2D eigenvalue weighted by molar-refractivity contribution is 5.15. The lowest BCUT2D eigenvalue weighted by atomic mass is 9.90. The van der Waals surface area contributed by atoms with Crippen molar-refractivity contribution in [3.05, 3.63) is 12.2 Å². The van der Waals surface area contributed by atoms with Crippen molar-refractivity contribution >= 4 is 0 Å². The SMILES string of the molecule is NC[C@H]1[C@@H](N)[C@H]2C=C[C@@H]1C2. The monoisotopic (exact) mass is 138 g/mol. The molecule has 2 aliphatic rings. The highest BCUT2D eigenvalue weighted by Crippen LogP contribution is 2.41. The predicted octanol–water partition coefficient (Wildman–Crippen LogP) is 0.0945. The average Bonchev–Trinajstić information content (AvgIpc) is 2.46.